The third kappa shape index (κ3) is 5.13. The van der Waals surface area contributed by atoms with E-state index in [9.17, 15) is 14.9 Å². The standard InChI is InChI=1S/C12H15ClN2O4/c1-12(2,3)14-11(16)7-19-10-5-4-8(15(17)18)6-9(10)13/h4-6H,7H2,1-3H3,(H,14,16). The van der Waals surface area contributed by atoms with Gasteiger partial charge in [0.1, 0.15) is 5.75 Å². The number of halogens is 1. The molecule has 1 amide bonds. The van der Waals surface area contributed by atoms with E-state index in [1.165, 1.54) is 18.2 Å². The van der Waals surface area contributed by atoms with E-state index in [4.69, 9.17) is 16.3 Å². The smallest absolute Gasteiger partial charge is 0.271 e. The summed E-state index contributed by atoms with van der Waals surface area (Å²) in [4.78, 5) is 21.5. The quantitative estimate of drug-likeness (QED) is 0.681. The van der Waals surface area contributed by atoms with Gasteiger partial charge in [-0.3, -0.25) is 14.9 Å². The maximum absolute atomic E-state index is 11.5. The van der Waals surface area contributed by atoms with E-state index in [1.54, 1.807) is 0 Å². The Morgan fingerprint density at radius 1 is 1.47 bits per heavy atom. The van der Waals surface area contributed by atoms with Crippen LogP contribution in [0.5, 0.6) is 5.75 Å². The van der Waals surface area contributed by atoms with E-state index in [0.29, 0.717) is 0 Å². The highest BCUT2D eigenvalue weighted by Crippen LogP contribution is 2.28. The molecule has 0 radical (unpaired) electrons. The normalized spacial score (nSPS) is 10.9. The van der Waals surface area contributed by atoms with Crippen LogP contribution in [0.3, 0.4) is 0 Å². The lowest BCUT2D eigenvalue weighted by atomic mass is 10.1. The topological polar surface area (TPSA) is 81.5 Å². The number of nitro benzene ring substituents is 1. The Morgan fingerprint density at radius 2 is 2.11 bits per heavy atom. The van der Waals surface area contributed by atoms with Crippen LogP contribution in [0.15, 0.2) is 18.2 Å². The van der Waals surface area contributed by atoms with Gasteiger partial charge in [-0.25, -0.2) is 0 Å². The van der Waals surface area contributed by atoms with Crippen LogP contribution in [0.1, 0.15) is 20.8 Å². The molecule has 0 saturated heterocycles. The van der Waals surface area contributed by atoms with Gasteiger partial charge in [0.15, 0.2) is 6.61 Å². The van der Waals surface area contributed by atoms with Crippen molar-refractivity contribution in [2.45, 2.75) is 26.3 Å². The first kappa shape index (κ1) is 15.2. The average molecular weight is 287 g/mol. The first-order chi connectivity index (χ1) is 8.69. The molecule has 0 unspecified atom stereocenters. The summed E-state index contributed by atoms with van der Waals surface area (Å²) in [5, 5.41) is 13.3. The van der Waals surface area contributed by atoms with Gasteiger partial charge in [-0.05, 0) is 26.8 Å². The number of hydrogen-bond donors (Lipinski definition) is 1. The largest absolute Gasteiger partial charge is 0.482 e. The third-order valence-corrected chi connectivity index (χ3v) is 2.29. The molecule has 1 aromatic carbocycles. The molecular weight excluding hydrogens is 272 g/mol. The van der Waals surface area contributed by atoms with Crippen molar-refractivity contribution in [3.05, 3.63) is 33.3 Å². The minimum Gasteiger partial charge on any atom is -0.482 e. The van der Waals surface area contributed by atoms with Crippen LogP contribution >= 0.6 is 11.6 Å². The van der Waals surface area contributed by atoms with Crippen molar-refractivity contribution in [1.29, 1.82) is 0 Å². The Kier molecular flexibility index (Phi) is 4.72. The molecule has 1 N–H and O–H groups in total. The highest BCUT2D eigenvalue weighted by Gasteiger charge is 2.15. The molecule has 7 heteroatoms. The maximum Gasteiger partial charge on any atom is 0.271 e. The lowest BCUT2D eigenvalue weighted by Crippen LogP contribution is -2.43. The van der Waals surface area contributed by atoms with Crippen LogP contribution in [0, 0.1) is 10.1 Å². The van der Waals surface area contributed by atoms with Crippen LogP contribution in [0.25, 0.3) is 0 Å². The highest BCUT2D eigenvalue weighted by molar-refractivity contribution is 6.32. The van der Waals surface area contributed by atoms with Crippen molar-refractivity contribution in [2.24, 2.45) is 0 Å². The predicted molar refractivity (Wildman–Crippen MR) is 71.5 cm³/mol. The SMILES string of the molecule is CC(C)(C)NC(=O)COc1ccc([N+](=O)[O-])cc1Cl. The van der Waals surface area contributed by atoms with Gasteiger partial charge in [-0.15, -0.1) is 0 Å². The Hall–Kier alpha value is -1.82. The van der Waals surface area contributed by atoms with Crippen LogP contribution in [0.4, 0.5) is 5.69 Å². The minimum atomic E-state index is -0.554. The summed E-state index contributed by atoms with van der Waals surface area (Å²) in [6, 6.07) is 3.81. The van der Waals surface area contributed by atoms with E-state index in [2.05, 4.69) is 5.32 Å². The van der Waals surface area contributed by atoms with E-state index in [1.807, 2.05) is 20.8 Å². The third-order valence-electron chi connectivity index (χ3n) is 2.00. The van der Waals surface area contributed by atoms with E-state index in [-0.39, 0.29) is 34.5 Å². The fourth-order valence-electron chi connectivity index (χ4n) is 1.32. The Bertz CT molecular complexity index is 497. The molecule has 0 heterocycles. The van der Waals surface area contributed by atoms with E-state index >= 15 is 0 Å². The number of amides is 1. The number of ether oxygens (including phenoxy) is 1. The van der Waals surface area contributed by atoms with Gasteiger partial charge in [0.2, 0.25) is 0 Å². The average Bonchev–Trinajstić information content (AvgIpc) is 2.24. The summed E-state index contributed by atoms with van der Waals surface area (Å²) in [6.45, 7) is 5.35. The minimum absolute atomic E-state index is 0.0951. The van der Waals surface area contributed by atoms with Gasteiger partial charge in [-0.1, -0.05) is 11.6 Å². The molecule has 0 bridgehead atoms. The van der Waals surface area contributed by atoms with Gasteiger partial charge in [-0.2, -0.15) is 0 Å². The number of benzene rings is 1. The molecule has 0 aliphatic carbocycles. The number of hydrogen-bond acceptors (Lipinski definition) is 4. The summed E-state index contributed by atoms with van der Waals surface area (Å²) >= 11 is 5.83. The number of nitro groups is 1. The number of nitrogens with zero attached hydrogens (tertiary/aromatic N) is 1. The Balaban J connectivity index is 2.64. The molecule has 19 heavy (non-hydrogen) atoms. The fraction of sp³-hybridized carbons (Fsp3) is 0.417. The number of rotatable bonds is 4. The molecule has 0 aliphatic heterocycles. The van der Waals surface area contributed by atoms with Gasteiger partial charge in [0, 0.05) is 17.7 Å². The summed E-state index contributed by atoms with van der Waals surface area (Å²) < 4.78 is 5.21. The van der Waals surface area contributed by atoms with Gasteiger partial charge in [0.05, 0.1) is 9.95 Å². The summed E-state index contributed by atoms with van der Waals surface area (Å²) in [6.07, 6.45) is 0. The van der Waals surface area contributed by atoms with Crippen molar-refractivity contribution >= 4 is 23.2 Å². The van der Waals surface area contributed by atoms with Gasteiger partial charge < -0.3 is 10.1 Å². The first-order valence-corrected chi connectivity index (χ1v) is 5.94. The number of carbonyl (C=O) groups is 1. The zero-order valence-corrected chi connectivity index (χ0v) is 11.7. The van der Waals surface area contributed by atoms with Gasteiger partial charge in [0.25, 0.3) is 11.6 Å². The van der Waals surface area contributed by atoms with Crippen molar-refractivity contribution in [1.82, 2.24) is 5.32 Å². The second-order valence-corrected chi connectivity index (χ2v) is 5.37. The fourth-order valence-corrected chi connectivity index (χ4v) is 1.55. The monoisotopic (exact) mass is 286 g/mol. The molecule has 104 valence electrons. The molecule has 0 aromatic heterocycles. The first-order valence-electron chi connectivity index (χ1n) is 5.57. The number of non-ortho nitro benzene ring substituents is 1. The van der Waals surface area contributed by atoms with Crippen LogP contribution in [-0.4, -0.2) is 23.0 Å². The molecule has 1 rings (SSSR count). The molecule has 0 saturated carbocycles. The summed E-state index contributed by atoms with van der Waals surface area (Å²) in [5.74, 6) is -0.0572. The van der Waals surface area contributed by atoms with Crippen LogP contribution in [0.2, 0.25) is 5.02 Å². The van der Waals surface area contributed by atoms with Crippen LogP contribution < -0.4 is 10.1 Å². The molecular formula is C12H15ClN2O4. The molecule has 0 atom stereocenters. The lowest BCUT2D eigenvalue weighted by Gasteiger charge is -2.20. The molecule has 0 fully saturated rings. The second kappa shape index (κ2) is 5.88. The summed E-state index contributed by atoms with van der Waals surface area (Å²) in [5.41, 5.74) is -0.476. The van der Waals surface area contributed by atoms with Crippen molar-refractivity contribution < 1.29 is 14.5 Å². The zero-order valence-electron chi connectivity index (χ0n) is 10.9. The highest BCUT2D eigenvalue weighted by atomic mass is 35.5. The van der Waals surface area contributed by atoms with Crippen molar-refractivity contribution in [3.8, 4) is 5.75 Å². The maximum atomic E-state index is 11.5. The van der Waals surface area contributed by atoms with Gasteiger partial charge >= 0.3 is 0 Å². The zero-order chi connectivity index (χ0) is 14.6. The van der Waals surface area contributed by atoms with Crippen molar-refractivity contribution in [3.63, 3.8) is 0 Å². The molecule has 1 aromatic rings. The second-order valence-electron chi connectivity index (χ2n) is 4.96. The number of nitrogens with one attached hydrogen (secondary N) is 1. The van der Waals surface area contributed by atoms with E-state index in [0.717, 1.165) is 0 Å². The lowest BCUT2D eigenvalue weighted by molar-refractivity contribution is -0.384. The molecule has 0 spiro atoms. The molecule has 6 nitrogen and oxygen atoms in total. The van der Waals surface area contributed by atoms with Crippen LogP contribution in [-0.2, 0) is 4.79 Å². The van der Waals surface area contributed by atoms with Crippen molar-refractivity contribution in [2.75, 3.05) is 6.61 Å². The Labute approximate surface area is 115 Å². The predicted octanol–water partition coefficient (Wildman–Crippen LogP) is 2.54. The van der Waals surface area contributed by atoms with E-state index < -0.39 is 4.92 Å². The number of carbonyl (C=O) groups excluding carboxylic acids is 1. The summed E-state index contributed by atoms with van der Waals surface area (Å²) in [7, 11) is 0. The Morgan fingerprint density at radius 3 is 2.58 bits per heavy atom. The molecule has 0 aliphatic rings.